The molecule has 0 amide bonds. The molecule has 1 rings (SSSR count). The fraction of sp³-hybridized carbons (Fsp3) is 0.300. The number of nitrogens with zero attached hydrogens (tertiary/aromatic N) is 1. The van der Waals surface area contributed by atoms with Crippen molar-refractivity contribution in [3.8, 4) is 11.8 Å². The van der Waals surface area contributed by atoms with E-state index in [0.29, 0.717) is 0 Å². The lowest BCUT2D eigenvalue weighted by molar-refractivity contribution is -0.139. The number of rotatable bonds is 3. The first kappa shape index (κ1) is 12.3. The zero-order chi connectivity index (χ0) is 12.2. The van der Waals surface area contributed by atoms with E-state index < -0.39 is 25.0 Å². The maximum absolute atomic E-state index is 13.0. The molecule has 0 saturated carbocycles. The summed E-state index contributed by atoms with van der Waals surface area (Å²) in [5.41, 5.74) is -0.385. The minimum absolute atomic E-state index is 0.174. The van der Waals surface area contributed by atoms with Gasteiger partial charge in [-0.05, 0) is 12.1 Å². The number of alkyl halides is 3. The van der Waals surface area contributed by atoms with Crippen LogP contribution in [-0.4, -0.2) is 12.8 Å². The Labute approximate surface area is 89.1 Å². The van der Waals surface area contributed by atoms with Gasteiger partial charge in [-0.2, -0.15) is 18.4 Å². The lowest BCUT2D eigenvalue weighted by Crippen LogP contribution is -2.13. The molecule has 0 fully saturated rings. The fourth-order valence-electron chi connectivity index (χ4n) is 1.01. The van der Waals surface area contributed by atoms with E-state index >= 15 is 0 Å². The van der Waals surface area contributed by atoms with Crippen LogP contribution in [0.2, 0.25) is 0 Å². The molecule has 0 aliphatic rings. The predicted octanol–water partition coefficient (Wildman–Crippen LogP) is 3.03. The first-order chi connectivity index (χ1) is 7.44. The molecule has 0 aromatic heterocycles. The summed E-state index contributed by atoms with van der Waals surface area (Å²) in [4.78, 5) is 0. The van der Waals surface area contributed by atoms with Crippen LogP contribution in [0.5, 0.6) is 5.75 Å². The van der Waals surface area contributed by atoms with Crippen molar-refractivity contribution >= 4 is 0 Å². The van der Waals surface area contributed by atoms with Gasteiger partial charge in [-0.25, -0.2) is 4.39 Å². The van der Waals surface area contributed by atoms with E-state index in [4.69, 9.17) is 10.00 Å². The summed E-state index contributed by atoms with van der Waals surface area (Å²) in [7, 11) is 0. The van der Waals surface area contributed by atoms with Gasteiger partial charge < -0.3 is 4.74 Å². The molecule has 0 radical (unpaired) electrons. The second kappa shape index (κ2) is 4.84. The van der Waals surface area contributed by atoms with E-state index in [1.807, 2.05) is 0 Å². The molecule has 6 heteroatoms. The van der Waals surface area contributed by atoms with Crippen LogP contribution in [0.3, 0.4) is 0 Å². The van der Waals surface area contributed by atoms with Gasteiger partial charge in [0, 0.05) is 0 Å². The molecule has 0 N–H and O–H groups in total. The molecule has 0 saturated heterocycles. The van der Waals surface area contributed by atoms with Crippen molar-refractivity contribution in [3.05, 3.63) is 29.6 Å². The van der Waals surface area contributed by atoms with Gasteiger partial charge in [0.1, 0.15) is 23.2 Å². The first-order valence-electron chi connectivity index (χ1n) is 4.32. The van der Waals surface area contributed by atoms with Crippen molar-refractivity contribution in [1.29, 1.82) is 5.26 Å². The van der Waals surface area contributed by atoms with Crippen LogP contribution in [0.1, 0.15) is 12.0 Å². The predicted molar refractivity (Wildman–Crippen MR) is 47.3 cm³/mol. The van der Waals surface area contributed by atoms with Gasteiger partial charge in [-0.3, -0.25) is 0 Å². The Kier molecular flexibility index (Phi) is 3.72. The average molecular weight is 233 g/mol. The quantitative estimate of drug-likeness (QED) is 0.752. The molecule has 0 spiro atoms. The van der Waals surface area contributed by atoms with Crippen LogP contribution >= 0.6 is 0 Å². The molecular formula is C10H7F4NO. The lowest BCUT2D eigenvalue weighted by Gasteiger charge is -2.09. The summed E-state index contributed by atoms with van der Waals surface area (Å²) in [6.45, 7) is -0.637. The molecule has 2 nitrogen and oxygen atoms in total. The van der Waals surface area contributed by atoms with Crippen molar-refractivity contribution in [3.63, 3.8) is 0 Å². The van der Waals surface area contributed by atoms with Crippen LogP contribution in [-0.2, 0) is 0 Å². The summed E-state index contributed by atoms with van der Waals surface area (Å²) >= 11 is 0. The second-order valence-electron chi connectivity index (χ2n) is 2.94. The Hall–Kier alpha value is -1.77. The summed E-state index contributed by atoms with van der Waals surface area (Å²) in [5, 5.41) is 8.57. The molecule has 16 heavy (non-hydrogen) atoms. The number of hydrogen-bond acceptors (Lipinski definition) is 2. The molecule has 0 aliphatic carbocycles. The van der Waals surface area contributed by atoms with E-state index in [0.717, 1.165) is 6.07 Å². The summed E-state index contributed by atoms with van der Waals surface area (Å²) in [6.07, 6.45) is -5.48. The number of ether oxygens (including phenoxy) is 1. The van der Waals surface area contributed by atoms with Gasteiger partial charge in [0.2, 0.25) is 0 Å². The van der Waals surface area contributed by atoms with E-state index in [1.54, 1.807) is 0 Å². The largest absolute Gasteiger partial charge is 0.492 e. The van der Waals surface area contributed by atoms with Gasteiger partial charge in [0.25, 0.3) is 0 Å². The number of benzene rings is 1. The highest BCUT2D eigenvalue weighted by atomic mass is 19.4. The van der Waals surface area contributed by atoms with Gasteiger partial charge >= 0.3 is 6.18 Å². The van der Waals surface area contributed by atoms with E-state index in [2.05, 4.69) is 0 Å². The van der Waals surface area contributed by atoms with Crippen molar-refractivity contribution < 1.29 is 22.3 Å². The van der Waals surface area contributed by atoms with Crippen molar-refractivity contribution in [2.45, 2.75) is 12.6 Å². The highest BCUT2D eigenvalue weighted by Gasteiger charge is 2.27. The van der Waals surface area contributed by atoms with Gasteiger partial charge in [0.05, 0.1) is 13.0 Å². The molecular weight excluding hydrogens is 226 g/mol. The maximum Gasteiger partial charge on any atom is 0.392 e. The van der Waals surface area contributed by atoms with Gasteiger partial charge in [-0.1, -0.05) is 6.07 Å². The third-order valence-corrected chi connectivity index (χ3v) is 1.73. The molecule has 0 bridgehead atoms. The zero-order valence-electron chi connectivity index (χ0n) is 8.01. The Morgan fingerprint density at radius 3 is 2.56 bits per heavy atom. The standard InChI is InChI=1S/C10H7F4NO/c11-8-2-1-3-9(7(8)6-15)16-5-4-10(12,13)14/h1-3H,4-5H2. The minimum Gasteiger partial charge on any atom is -0.492 e. The van der Waals surface area contributed by atoms with Crippen molar-refractivity contribution in [2.24, 2.45) is 0 Å². The summed E-state index contributed by atoms with van der Waals surface area (Å²) in [6, 6.07) is 5.08. The monoisotopic (exact) mass is 233 g/mol. The fourth-order valence-corrected chi connectivity index (χ4v) is 1.01. The van der Waals surface area contributed by atoms with Crippen LogP contribution in [0.25, 0.3) is 0 Å². The third kappa shape index (κ3) is 3.42. The maximum atomic E-state index is 13.0. The average Bonchev–Trinajstić information content (AvgIpc) is 2.16. The van der Waals surface area contributed by atoms with Crippen LogP contribution in [0.4, 0.5) is 17.6 Å². The van der Waals surface area contributed by atoms with Crippen molar-refractivity contribution in [2.75, 3.05) is 6.61 Å². The molecule has 0 unspecified atom stereocenters. The molecule has 0 heterocycles. The molecule has 0 aliphatic heterocycles. The zero-order valence-corrected chi connectivity index (χ0v) is 8.01. The normalized spacial score (nSPS) is 10.9. The Morgan fingerprint density at radius 2 is 2.00 bits per heavy atom. The van der Waals surface area contributed by atoms with Crippen LogP contribution < -0.4 is 4.74 Å². The Balaban J connectivity index is 2.68. The van der Waals surface area contributed by atoms with Crippen LogP contribution in [0, 0.1) is 17.1 Å². The summed E-state index contributed by atoms with van der Waals surface area (Å²) in [5.74, 6) is -0.987. The Morgan fingerprint density at radius 1 is 1.31 bits per heavy atom. The van der Waals surface area contributed by atoms with Crippen molar-refractivity contribution in [1.82, 2.24) is 0 Å². The molecule has 86 valence electrons. The SMILES string of the molecule is N#Cc1c(F)cccc1OCCC(F)(F)F. The highest BCUT2D eigenvalue weighted by molar-refractivity contribution is 5.43. The first-order valence-corrected chi connectivity index (χ1v) is 4.32. The van der Waals surface area contributed by atoms with Gasteiger partial charge in [-0.15, -0.1) is 0 Å². The minimum atomic E-state index is -4.33. The van der Waals surface area contributed by atoms with E-state index in [-0.39, 0.29) is 11.3 Å². The lowest BCUT2D eigenvalue weighted by atomic mass is 10.2. The molecule has 1 aromatic rings. The summed E-state index contributed by atoms with van der Waals surface area (Å²) < 4.78 is 53.1. The smallest absolute Gasteiger partial charge is 0.392 e. The van der Waals surface area contributed by atoms with Gasteiger partial charge in [0.15, 0.2) is 0 Å². The Bertz CT molecular complexity index is 408. The number of halogens is 4. The van der Waals surface area contributed by atoms with E-state index in [9.17, 15) is 17.6 Å². The van der Waals surface area contributed by atoms with E-state index in [1.165, 1.54) is 18.2 Å². The third-order valence-electron chi connectivity index (χ3n) is 1.73. The highest BCUT2D eigenvalue weighted by Crippen LogP contribution is 2.23. The van der Waals surface area contributed by atoms with Crippen LogP contribution in [0.15, 0.2) is 18.2 Å². The number of hydrogen-bond donors (Lipinski definition) is 0. The number of nitriles is 1. The molecule has 0 atom stereocenters. The second-order valence-corrected chi connectivity index (χ2v) is 2.94. The topological polar surface area (TPSA) is 33.0 Å². The molecule has 1 aromatic carbocycles.